The Labute approximate surface area is 199 Å². The van der Waals surface area contributed by atoms with E-state index in [4.69, 9.17) is 10.2 Å². The van der Waals surface area contributed by atoms with Gasteiger partial charge >= 0.3 is 0 Å². The van der Waals surface area contributed by atoms with E-state index in [1.807, 2.05) is 27.7 Å². The number of H-pyrrole nitrogens is 2. The number of hydrogen-bond donors (Lipinski definition) is 4. The molecule has 0 aromatic carbocycles. The number of imidazole rings is 2. The summed E-state index contributed by atoms with van der Waals surface area (Å²) in [4.78, 5) is 21.9. The Morgan fingerprint density at radius 3 is 1.33 bits per heavy atom. The van der Waals surface area contributed by atoms with Crippen LogP contribution < -0.4 is 17.0 Å². The van der Waals surface area contributed by atoms with Gasteiger partial charge in [-0.3, -0.25) is 9.98 Å². The van der Waals surface area contributed by atoms with E-state index in [1.165, 1.54) is 0 Å². The molecule has 2 rings (SSSR count). The van der Waals surface area contributed by atoms with Gasteiger partial charge in [-0.1, -0.05) is 0 Å². The van der Waals surface area contributed by atoms with E-state index in [0.717, 1.165) is 23.1 Å². The molecule has 0 fully saturated rings. The summed E-state index contributed by atoms with van der Waals surface area (Å²) in [5, 5.41) is 18.0. The number of rotatable bonds is 5. The zero-order valence-corrected chi connectivity index (χ0v) is 20.9. The number of aliphatic hydroxyl groups excluding tert-OH is 2. The molecule has 171 valence electrons. The number of aryl methyl sites for hydroxylation is 2. The summed E-state index contributed by atoms with van der Waals surface area (Å²) in [5.74, 6) is 2.43. The van der Waals surface area contributed by atoms with Crippen LogP contribution >= 0.6 is 0 Å². The number of hydrogen-bond acceptors (Lipinski definition) is 6. The average Bonchev–Trinajstić information content (AvgIpc) is 3.25. The number of aliphatic imine (C=N–C) groups is 2. The third-order valence-electron chi connectivity index (χ3n) is 2.93. The summed E-state index contributed by atoms with van der Waals surface area (Å²) in [6.07, 6.45) is 10.3. The first-order valence-electron chi connectivity index (χ1n) is 8.89. The van der Waals surface area contributed by atoms with Crippen LogP contribution in [0.15, 0.2) is 58.4 Å². The average molecular weight is 527 g/mol. The number of nitrogens with zero attached hydrogens (tertiary/aromatic N) is 4. The number of aromatic nitrogens is 4. The largest absolute Gasteiger partial charge is 1.00 e. The van der Waals surface area contributed by atoms with Gasteiger partial charge in [0.2, 0.25) is 0 Å². The van der Waals surface area contributed by atoms with Gasteiger partial charge in [-0.25, -0.2) is 9.97 Å². The zero-order valence-electron chi connectivity index (χ0n) is 18.3. The molecule has 2 heterocycles. The molecule has 4 N–H and O–H groups in total. The number of aromatic amines is 2. The molecular weight excluding hydrogens is 495 g/mol. The first kappa shape index (κ1) is 32.5. The molecule has 0 amide bonds. The fourth-order valence-electron chi connectivity index (χ4n) is 1.84. The molecule has 10 heteroatoms. The summed E-state index contributed by atoms with van der Waals surface area (Å²) >= 11 is 0. The Kier molecular flexibility index (Phi) is 21.8. The maximum absolute atomic E-state index is 8.98. The fraction of sp³-hybridized carbons (Fsp3) is 0.400. The third-order valence-corrected chi connectivity index (χ3v) is 2.93. The number of halogens is 1. The topological polar surface area (TPSA) is 123 Å². The van der Waals surface area contributed by atoms with Gasteiger partial charge in [0.25, 0.3) is 0 Å². The standard InChI is InChI=1S/C12H20N2O2.2C4H6N2.BrH.Co/c1-9(7-11(3)15)13-5-6-14-10(2)8-12(4)16;2*1-4-5-2-3-6-4;;/h7-8,15-16H,5-6H2,1-4H3;2*2-3H,1H3,(H,5,6);1H;/p-1/b11-7-,12-8-,13-9?,14-10?;;;;. The predicted octanol–water partition coefficient (Wildman–Crippen LogP) is 1.27. The van der Waals surface area contributed by atoms with Crippen LogP contribution in [0.5, 0.6) is 0 Å². The third kappa shape index (κ3) is 22.1. The van der Waals surface area contributed by atoms with E-state index >= 15 is 0 Å². The Hall–Kier alpha value is -2.17. The quantitative estimate of drug-likeness (QED) is 0.266. The van der Waals surface area contributed by atoms with Crippen LogP contribution in [0.25, 0.3) is 0 Å². The summed E-state index contributed by atoms with van der Waals surface area (Å²) in [7, 11) is 0. The van der Waals surface area contributed by atoms with Crippen LogP contribution in [0, 0.1) is 13.8 Å². The molecule has 0 saturated carbocycles. The predicted molar refractivity (Wildman–Crippen MR) is 115 cm³/mol. The Bertz CT molecular complexity index is 695. The van der Waals surface area contributed by atoms with Gasteiger partial charge in [-0.2, -0.15) is 0 Å². The van der Waals surface area contributed by atoms with Crippen LogP contribution in [0.3, 0.4) is 0 Å². The second-order valence-corrected chi connectivity index (χ2v) is 5.97. The SMILES string of the molecule is CC(/C=C(/C)O)=NCCN=C(C)/C=C(/C)O.Cc1ncc[nH]1.Cc1ncc[nH]1.[Br-].[Co]. The maximum Gasteiger partial charge on any atom is 0.102 e. The normalized spacial score (nSPS) is 11.8. The van der Waals surface area contributed by atoms with Gasteiger partial charge in [-0.05, 0) is 53.7 Å². The molecule has 0 spiro atoms. The van der Waals surface area contributed by atoms with Crippen LogP contribution in [0.4, 0.5) is 0 Å². The van der Waals surface area contributed by atoms with Crippen LogP contribution in [0.2, 0.25) is 0 Å². The summed E-state index contributed by atoms with van der Waals surface area (Å²) in [6.45, 7) is 11.9. The van der Waals surface area contributed by atoms with Gasteiger partial charge in [0.15, 0.2) is 0 Å². The molecule has 0 bridgehead atoms. The smallest absolute Gasteiger partial charge is 0.102 e. The number of aliphatic hydroxyl groups is 2. The molecule has 0 saturated heterocycles. The van der Waals surface area contributed by atoms with E-state index in [2.05, 4.69) is 29.9 Å². The number of allylic oxidation sites excluding steroid dienone is 4. The van der Waals surface area contributed by atoms with Crippen molar-refractivity contribution in [1.82, 2.24) is 19.9 Å². The molecule has 8 nitrogen and oxygen atoms in total. The Morgan fingerprint density at radius 1 is 0.833 bits per heavy atom. The van der Waals surface area contributed by atoms with Gasteiger partial charge in [0.05, 0.1) is 24.6 Å². The molecule has 2 aromatic heterocycles. The van der Waals surface area contributed by atoms with Crippen molar-refractivity contribution in [2.75, 3.05) is 13.1 Å². The van der Waals surface area contributed by atoms with Crippen molar-refractivity contribution < 1.29 is 44.0 Å². The van der Waals surface area contributed by atoms with Gasteiger partial charge in [-0.15, -0.1) is 0 Å². The Balaban J connectivity index is -0.000000424. The first-order chi connectivity index (χ1) is 13.2. The number of nitrogens with one attached hydrogen (secondary N) is 2. The zero-order chi connectivity index (χ0) is 21.4. The van der Waals surface area contributed by atoms with E-state index in [9.17, 15) is 0 Å². The van der Waals surface area contributed by atoms with Crippen molar-refractivity contribution in [3.05, 3.63) is 60.1 Å². The molecular formula is C20H32BrCoN6O2-. The molecule has 0 aliphatic heterocycles. The van der Waals surface area contributed by atoms with Crippen molar-refractivity contribution in [1.29, 1.82) is 0 Å². The molecule has 2 aromatic rings. The van der Waals surface area contributed by atoms with Crippen LogP contribution in [-0.4, -0.2) is 54.7 Å². The maximum atomic E-state index is 8.98. The van der Waals surface area contributed by atoms with E-state index in [1.54, 1.807) is 50.8 Å². The van der Waals surface area contributed by atoms with Gasteiger partial charge in [0, 0.05) is 53.0 Å². The minimum atomic E-state index is 0. The van der Waals surface area contributed by atoms with Crippen molar-refractivity contribution in [3.8, 4) is 0 Å². The fourth-order valence-corrected chi connectivity index (χ4v) is 1.84. The van der Waals surface area contributed by atoms with Crippen molar-refractivity contribution in [2.45, 2.75) is 41.5 Å². The molecule has 0 unspecified atom stereocenters. The van der Waals surface area contributed by atoms with E-state index in [-0.39, 0.29) is 45.3 Å². The minimum Gasteiger partial charge on any atom is -1.00 e. The van der Waals surface area contributed by atoms with Gasteiger partial charge in [0.1, 0.15) is 11.6 Å². The summed E-state index contributed by atoms with van der Waals surface area (Å²) in [5.41, 5.74) is 1.56. The van der Waals surface area contributed by atoms with Gasteiger partial charge < -0.3 is 37.2 Å². The first-order valence-corrected chi connectivity index (χ1v) is 8.89. The monoisotopic (exact) mass is 526 g/mol. The minimum absolute atomic E-state index is 0. The van der Waals surface area contributed by atoms with Crippen molar-refractivity contribution >= 4 is 11.4 Å². The second-order valence-electron chi connectivity index (χ2n) is 5.97. The Morgan fingerprint density at radius 2 is 1.17 bits per heavy atom. The molecule has 1 radical (unpaired) electrons. The van der Waals surface area contributed by atoms with Crippen molar-refractivity contribution in [3.63, 3.8) is 0 Å². The van der Waals surface area contributed by atoms with Crippen LogP contribution in [0.1, 0.15) is 39.3 Å². The summed E-state index contributed by atoms with van der Waals surface area (Å²) in [6, 6.07) is 0. The molecule has 0 atom stereocenters. The second kappa shape index (κ2) is 20.1. The van der Waals surface area contributed by atoms with E-state index < -0.39 is 0 Å². The van der Waals surface area contributed by atoms with Crippen LogP contribution in [-0.2, 0) is 16.8 Å². The summed E-state index contributed by atoms with van der Waals surface area (Å²) < 4.78 is 0. The molecule has 0 aliphatic rings. The molecule has 30 heavy (non-hydrogen) atoms. The molecule has 0 aliphatic carbocycles. The van der Waals surface area contributed by atoms with E-state index in [0.29, 0.717) is 13.1 Å². The van der Waals surface area contributed by atoms with Crippen molar-refractivity contribution in [2.24, 2.45) is 9.98 Å².